The Hall–Kier alpha value is -1.84. The van der Waals surface area contributed by atoms with E-state index in [1.165, 1.54) is 0 Å². The summed E-state index contributed by atoms with van der Waals surface area (Å²) in [6, 6.07) is 4.39. The molecule has 1 aromatic heterocycles. The van der Waals surface area contributed by atoms with Crippen LogP contribution in [0.25, 0.3) is 11.1 Å². The van der Waals surface area contributed by atoms with Crippen molar-refractivity contribution >= 4 is 5.69 Å². The number of nitrogens with zero attached hydrogens (tertiary/aromatic N) is 3. The Kier molecular flexibility index (Phi) is 3.24. The van der Waals surface area contributed by atoms with Gasteiger partial charge in [-0.1, -0.05) is 6.92 Å². The van der Waals surface area contributed by atoms with E-state index >= 15 is 0 Å². The van der Waals surface area contributed by atoms with Crippen LogP contribution >= 0.6 is 0 Å². The second-order valence-electron chi connectivity index (χ2n) is 5.53. The maximum Gasteiger partial charge on any atom is 0.136 e. The van der Waals surface area contributed by atoms with Crippen molar-refractivity contribution in [1.29, 1.82) is 0 Å². The molecule has 1 atom stereocenters. The number of benzene rings is 1. The van der Waals surface area contributed by atoms with Gasteiger partial charge in [0.1, 0.15) is 5.82 Å². The lowest BCUT2D eigenvalue weighted by Crippen LogP contribution is -2.30. The smallest absolute Gasteiger partial charge is 0.136 e. The lowest BCUT2D eigenvalue weighted by Gasteiger charge is -2.26. The Labute approximate surface area is 119 Å². The van der Waals surface area contributed by atoms with Gasteiger partial charge in [0.05, 0.1) is 6.20 Å². The number of halogens is 1. The van der Waals surface area contributed by atoms with Gasteiger partial charge >= 0.3 is 0 Å². The van der Waals surface area contributed by atoms with Gasteiger partial charge in [0, 0.05) is 48.2 Å². The fourth-order valence-corrected chi connectivity index (χ4v) is 2.93. The number of aromatic nitrogens is 2. The molecule has 0 spiro atoms. The zero-order chi connectivity index (χ0) is 14.3. The number of anilines is 1. The Morgan fingerprint density at radius 3 is 2.85 bits per heavy atom. The highest BCUT2D eigenvalue weighted by molar-refractivity contribution is 5.71. The Morgan fingerprint density at radius 2 is 2.20 bits per heavy atom. The molecule has 0 saturated heterocycles. The number of aryl methyl sites for hydroxylation is 1. The van der Waals surface area contributed by atoms with E-state index in [-0.39, 0.29) is 5.82 Å². The molecule has 1 aliphatic rings. The molecule has 0 saturated carbocycles. The van der Waals surface area contributed by atoms with E-state index < -0.39 is 0 Å². The van der Waals surface area contributed by atoms with Crippen molar-refractivity contribution in [1.82, 2.24) is 9.78 Å². The highest BCUT2D eigenvalue weighted by atomic mass is 19.1. The highest BCUT2D eigenvalue weighted by Gasteiger charge is 2.26. The minimum absolute atomic E-state index is 0.0821. The first-order valence-corrected chi connectivity index (χ1v) is 7.18. The van der Waals surface area contributed by atoms with Crippen LogP contribution in [-0.2, 0) is 13.5 Å². The molecular weight excluding hydrogens is 253 g/mol. The van der Waals surface area contributed by atoms with Crippen molar-refractivity contribution in [2.24, 2.45) is 7.05 Å². The maximum atomic E-state index is 14.7. The first kappa shape index (κ1) is 13.2. The predicted octanol–water partition coefficient (Wildman–Crippen LogP) is 3.39. The molecule has 0 N–H and O–H groups in total. The Balaban J connectivity index is 2.03. The van der Waals surface area contributed by atoms with E-state index in [4.69, 9.17) is 0 Å². The summed E-state index contributed by atoms with van der Waals surface area (Å²) in [5, 5.41) is 4.12. The van der Waals surface area contributed by atoms with Crippen molar-refractivity contribution < 1.29 is 4.39 Å². The number of hydrogen-bond acceptors (Lipinski definition) is 2. The van der Waals surface area contributed by atoms with Gasteiger partial charge < -0.3 is 4.90 Å². The number of rotatable bonds is 3. The van der Waals surface area contributed by atoms with E-state index in [2.05, 4.69) is 29.9 Å². The first-order chi connectivity index (χ1) is 9.61. The van der Waals surface area contributed by atoms with Crippen molar-refractivity contribution in [2.75, 3.05) is 11.4 Å². The first-order valence-electron chi connectivity index (χ1n) is 7.18. The minimum atomic E-state index is -0.0821. The van der Waals surface area contributed by atoms with Crippen molar-refractivity contribution in [3.8, 4) is 11.1 Å². The third kappa shape index (κ3) is 1.99. The van der Waals surface area contributed by atoms with E-state index in [1.54, 1.807) is 10.9 Å². The number of fused-ring (bicyclic) bond motifs is 1. The van der Waals surface area contributed by atoms with Gasteiger partial charge in [-0.3, -0.25) is 4.68 Å². The third-order valence-corrected chi connectivity index (χ3v) is 4.27. The molecule has 0 bridgehead atoms. The molecule has 0 aliphatic carbocycles. The molecule has 3 nitrogen and oxygen atoms in total. The van der Waals surface area contributed by atoms with Gasteiger partial charge in [-0.05, 0) is 31.9 Å². The highest BCUT2D eigenvalue weighted by Crippen LogP contribution is 2.36. The summed E-state index contributed by atoms with van der Waals surface area (Å²) in [5.41, 5.74) is 3.41. The SMILES string of the molecule is CCC(C)N1CCc2c1ccc(-c1cnn(C)c1)c2F. The fourth-order valence-electron chi connectivity index (χ4n) is 2.93. The van der Waals surface area contributed by atoms with Crippen molar-refractivity contribution in [2.45, 2.75) is 32.7 Å². The molecule has 1 aromatic carbocycles. The van der Waals surface area contributed by atoms with Crippen LogP contribution in [0.4, 0.5) is 10.1 Å². The van der Waals surface area contributed by atoms with Crippen LogP contribution in [0.5, 0.6) is 0 Å². The average Bonchev–Trinajstić information content (AvgIpc) is 3.05. The van der Waals surface area contributed by atoms with Gasteiger partial charge in [-0.15, -0.1) is 0 Å². The zero-order valence-electron chi connectivity index (χ0n) is 12.2. The van der Waals surface area contributed by atoms with Gasteiger partial charge in [0.25, 0.3) is 0 Å². The molecule has 0 radical (unpaired) electrons. The predicted molar refractivity (Wildman–Crippen MR) is 79.4 cm³/mol. The molecule has 0 amide bonds. The monoisotopic (exact) mass is 273 g/mol. The Bertz CT molecular complexity index is 633. The topological polar surface area (TPSA) is 21.1 Å². The summed E-state index contributed by atoms with van der Waals surface area (Å²) < 4.78 is 16.4. The molecule has 4 heteroatoms. The van der Waals surface area contributed by atoms with Gasteiger partial charge in [0.2, 0.25) is 0 Å². The third-order valence-electron chi connectivity index (χ3n) is 4.27. The standard InChI is InChI=1S/C16H20FN3/c1-4-11(2)20-8-7-14-15(20)6-5-13(16(14)17)12-9-18-19(3)10-12/h5-6,9-11H,4,7-8H2,1-3H3. The van der Waals surface area contributed by atoms with Crippen LogP contribution in [0.2, 0.25) is 0 Å². The lowest BCUT2D eigenvalue weighted by atomic mass is 10.0. The molecule has 106 valence electrons. The molecule has 1 unspecified atom stereocenters. The molecular formula is C16H20FN3. The molecule has 0 fully saturated rings. The molecule has 2 aromatic rings. The van der Waals surface area contributed by atoms with Crippen LogP contribution in [0, 0.1) is 5.82 Å². The van der Waals surface area contributed by atoms with Crippen LogP contribution in [0.1, 0.15) is 25.8 Å². The van der Waals surface area contributed by atoms with E-state index in [9.17, 15) is 4.39 Å². The molecule has 20 heavy (non-hydrogen) atoms. The normalized spacial score (nSPS) is 15.5. The summed E-state index contributed by atoms with van der Waals surface area (Å²) in [4.78, 5) is 2.31. The second-order valence-corrected chi connectivity index (χ2v) is 5.53. The lowest BCUT2D eigenvalue weighted by molar-refractivity contribution is 0.618. The van der Waals surface area contributed by atoms with E-state index in [0.29, 0.717) is 11.6 Å². The molecule has 2 heterocycles. The summed E-state index contributed by atoms with van der Waals surface area (Å²) in [6.45, 7) is 5.28. The van der Waals surface area contributed by atoms with E-state index in [0.717, 1.165) is 36.2 Å². The molecule has 3 rings (SSSR count). The van der Waals surface area contributed by atoms with Crippen LogP contribution in [0.3, 0.4) is 0 Å². The van der Waals surface area contributed by atoms with Crippen LogP contribution in [0.15, 0.2) is 24.5 Å². The number of hydrogen-bond donors (Lipinski definition) is 0. The maximum absolute atomic E-state index is 14.7. The summed E-state index contributed by atoms with van der Waals surface area (Å²) >= 11 is 0. The van der Waals surface area contributed by atoms with Crippen LogP contribution in [-0.4, -0.2) is 22.4 Å². The van der Waals surface area contributed by atoms with Gasteiger partial charge in [-0.2, -0.15) is 5.10 Å². The van der Waals surface area contributed by atoms with Crippen molar-refractivity contribution in [3.63, 3.8) is 0 Å². The summed E-state index contributed by atoms with van der Waals surface area (Å²) in [6.07, 6.45) is 5.43. The van der Waals surface area contributed by atoms with E-state index in [1.807, 2.05) is 19.3 Å². The van der Waals surface area contributed by atoms with Crippen molar-refractivity contribution in [3.05, 3.63) is 35.9 Å². The minimum Gasteiger partial charge on any atom is -0.368 e. The Morgan fingerprint density at radius 1 is 1.40 bits per heavy atom. The summed E-state index contributed by atoms with van der Waals surface area (Å²) in [5.74, 6) is -0.0821. The zero-order valence-corrected chi connectivity index (χ0v) is 12.2. The van der Waals surface area contributed by atoms with Crippen LogP contribution < -0.4 is 4.90 Å². The fraction of sp³-hybridized carbons (Fsp3) is 0.438. The molecule has 1 aliphatic heterocycles. The second kappa shape index (κ2) is 4.93. The van der Waals surface area contributed by atoms with Gasteiger partial charge in [-0.25, -0.2) is 4.39 Å². The summed E-state index contributed by atoms with van der Waals surface area (Å²) in [7, 11) is 1.85. The quantitative estimate of drug-likeness (QED) is 0.854. The average molecular weight is 273 g/mol. The van der Waals surface area contributed by atoms with Gasteiger partial charge in [0.15, 0.2) is 0 Å². The largest absolute Gasteiger partial charge is 0.368 e.